The van der Waals surface area contributed by atoms with Crippen molar-refractivity contribution in [1.29, 1.82) is 0 Å². The van der Waals surface area contributed by atoms with Gasteiger partial charge in [0.2, 0.25) is 0 Å². The average Bonchev–Trinajstić information content (AvgIpc) is 3.32. The van der Waals surface area contributed by atoms with Gasteiger partial charge in [-0.05, 0) is 100 Å². The number of anilines is 2. The van der Waals surface area contributed by atoms with E-state index >= 15 is 0 Å². The smallest absolute Gasteiger partial charge is 0.406 e. The largest absolute Gasteiger partial charge is 0.506 e. The first-order valence-electron chi connectivity index (χ1n) is 15.1. The highest BCUT2D eigenvalue weighted by Crippen LogP contribution is 2.40. The van der Waals surface area contributed by atoms with E-state index in [1.807, 2.05) is 24.5 Å². The second kappa shape index (κ2) is 12.5. The molecule has 0 atom stereocenters. The fourth-order valence-corrected chi connectivity index (χ4v) is 7.21. The molecule has 0 bridgehead atoms. The first-order chi connectivity index (χ1) is 20.7. The number of likely N-dealkylation sites (tertiary alicyclic amines) is 1. The van der Waals surface area contributed by atoms with Gasteiger partial charge in [0.15, 0.2) is 0 Å². The molecule has 6 nitrogen and oxygen atoms in total. The Morgan fingerprint density at radius 3 is 2.47 bits per heavy atom. The number of piperidine rings is 1. The van der Waals surface area contributed by atoms with Gasteiger partial charge in [-0.15, -0.1) is 11.8 Å². The maximum atomic E-state index is 13.6. The molecule has 2 aromatic carbocycles. The van der Waals surface area contributed by atoms with Crippen LogP contribution < -0.4 is 10.6 Å². The van der Waals surface area contributed by atoms with Gasteiger partial charge >= 0.3 is 6.18 Å². The molecule has 0 unspecified atom stereocenters. The highest BCUT2D eigenvalue weighted by molar-refractivity contribution is 7.98. The van der Waals surface area contributed by atoms with Gasteiger partial charge in [0.25, 0.3) is 0 Å². The Hall–Kier alpha value is -3.00. The van der Waals surface area contributed by atoms with E-state index in [2.05, 4.69) is 27.4 Å². The topological polar surface area (TPSA) is 61.7 Å². The molecular weight excluding hydrogens is 573 g/mol. The number of aromatic nitrogens is 1. The van der Waals surface area contributed by atoms with E-state index in [1.54, 1.807) is 24.3 Å². The molecule has 3 heterocycles. The van der Waals surface area contributed by atoms with Gasteiger partial charge in [-0.1, -0.05) is 12.0 Å². The predicted octanol–water partition coefficient (Wildman–Crippen LogP) is 6.93. The molecule has 0 radical (unpaired) electrons. The van der Waals surface area contributed by atoms with Crippen LogP contribution in [0.25, 0.3) is 10.9 Å². The number of phenols is 1. The van der Waals surface area contributed by atoms with Crippen LogP contribution in [-0.2, 0) is 11.3 Å². The number of nitrogens with zero attached hydrogens (tertiary/aromatic N) is 2. The zero-order valence-corrected chi connectivity index (χ0v) is 25.3. The molecule has 6 rings (SSSR count). The average molecular weight is 613 g/mol. The summed E-state index contributed by atoms with van der Waals surface area (Å²) in [5.41, 5.74) is 2.65. The molecule has 10 heteroatoms. The van der Waals surface area contributed by atoms with Gasteiger partial charge in [0.1, 0.15) is 12.3 Å². The van der Waals surface area contributed by atoms with Crippen LogP contribution in [0.4, 0.5) is 24.5 Å². The summed E-state index contributed by atoms with van der Waals surface area (Å²) in [6.07, 6.45) is 4.35. The van der Waals surface area contributed by atoms with Gasteiger partial charge in [-0.25, -0.2) is 0 Å². The Labute approximate surface area is 255 Å². The van der Waals surface area contributed by atoms with Crippen molar-refractivity contribution in [2.45, 2.75) is 68.2 Å². The van der Waals surface area contributed by atoms with E-state index in [0.717, 1.165) is 68.0 Å². The Bertz CT molecular complexity index is 1490. The number of nitrogens with one attached hydrogen (secondary N) is 2. The number of hydrogen-bond donors (Lipinski definition) is 3. The Morgan fingerprint density at radius 2 is 1.81 bits per heavy atom. The van der Waals surface area contributed by atoms with Crippen molar-refractivity contribution in [1.82, 2.24) is 9.47 Å². The lowest BCUT2D eigenvalue weighted by Crippen LogP contribution is -2.53. The minimum atomic E-state index is -4.38. The third-order valence-corrected chi connectivity index (χ3v) is 10.0. The van der Waals surface area contributed by atoms with Gasteiger partial charge < -0.3 is 29.9 Å². The molecule has 1 spiro atoms. The normalized spacial score (nSPS) is 22.1. The number of halogens is 3. The number of thioether (sulfide) groups is 1. The van der Waals surface area contributed by atoms with Crippen LogP contribution >= 0.6 is 11.8 Å². The second-order valence-electron chi connectivity index (χ2n) is 12.2. The van der Waals surface area contributed by atoms with Crippen molar-refractivity contribution < 1.29 is 23.0 Å². The number of rotatable bonds is 7. The molecule has 3 fully saturated rings. The maximum Gasteiger partial charge on any atom is 0.406 e. The molecule has 2 aliphatic heterocycles. The van der Waals surface area contributed by atoms with E-state index in [9.17, 15) is 18.3 Å². The van der Waals surface area contributed by atoms with E-state index in [4.69, 9.17) is 4.74 Å². The minimum Gasteiger partial charge on any atom is -0.506 e. The number of phenolic OH excluding ortho intramolecular Hbond substituents is 1. The third kappa shape index (κ3) is 6.89. The van der Waals surface area contributed by atoms with Gasteiger partial charge in [-0.2, -0.15) is 13.2 Å². The van der Waals surface area contributed by atoms with Gasteiger partial charge in [-0.3, -0.25) is 0 Å². The predicted molar refractivity (Wildman–Crippen MR) is 167 cm³/mol. The molecule has 1 aromatic heterocycles. The molecule has 1 aliphatic carbocycles. The quantitative estimate of drug-likeness (QED) is 0.153. The third-order valence-electron chi connectivity index (χ3n) is 9.32. The number of alkyl halides is 3. The SMILES string of the molecule is CSc1ccc(NCC#Cc2cc3c(NC4CCC(N5CCC6(CC5)COC6)CC4)cccc3n2CC(F)(F)F)c(O)c1. The Morgan fingerprint density at radius 1 is 1.05 bits per heavy atom. The molecule has 43 heavy (non-hydrogen) atoms. The standard InChI is InChI=1S/C33H39F3N4O2S/c1-43-26-11-12-29(31(41)19-26)37-15-3-4-25-18-27-28(5-2-6-30(27)40(25)20-33(34,35)36)38-23-7-9-24(10-8-23)39-16-13-32(14-17-39)21-42-22-32/h2,5-6,11-12,18-19,23-24,37-38,41H,7-10,13-17,20-22H2,1H3. The van der Waals surface area contributed by atoms with Crippen molar-refractivity contribution in [3.63, 3.8) is 0 Å². The zero-order chi connectivity index (χ0) is 30.0. The summed E-state index contributed by atoms with van der Waals surface area (Å²) >= 11 is 1.52. The highest BCUT2D eigenvalue weighted by atomic mass is 32.2. The molecule has 230 valence electrons. The summed E-state index contributed by atoms with van der Waals surface area (Å²) in [6.45, 7) is 3.24. The van der Waals surface area contributed by atoms with Crippen LogP contribution in [0, 0.1) is 17.3 Å². The fraction of sp³-hybridized carbons (Fsp3) is 0.515. The van der Waals surface area contributed by atoms with E-state index in [1.165, 1.54) is 29.2 Å². The van der Waals surface area contributed by atoms with Crippen molar-refractivity contribution in [2.24, 2.45) is 5.41 Å². The van der Waals surface area contributed by atoms with Gasteiger partial charge in [0, 0.05) is 33.5 Å². The lowest BCUT2D eigenvalue weighted by Gasteiger charge is -2.49. The van der Waals surface area contributed by atoms with Crippen molar-refractivity contribution in [3.8, 4) is 17.6 Å². The number of ether oxygens (including phenoxy) is 1. The van der Waals surface area contributed by atoms with Crippen molar-refractivity contribution in [3.05, 3.63) is 48.2 Å². The molecule has 1 saturated carbocycles. The number of aromatic hydroxyl groups is 1. The van der Waals surface area contributed by atoms with Gasteiger partial charge in [0.05, 0.1) is 36.7 Å². The number of hydrogen-bond acceptors (Lipinski definition) is 6. The van der Waals surface area contributed by atoms with Crippen LogP contribution in [-0.4, -0.2) is 71.9 Å². The van der Waals surface area contributed by atoms with E-state index in [-0.39, 0.29) is 18.3 Å². The summed E-state index contributed by atoms with van der Waals surface area (Å²) in [5.74, 6) is 6.00. The lowest BCUT2D eigenvalue weighted by atomic mass is 9.76. The van der Waals surface area contributed by atoms with E-state index in [0.29, 0.717) is 28.4 Å². The molecule has 2 saturated heterocycles. The van der Waals surface area contributed by atoms with Crippen LogP contribution in [0.5, 0.6) is 5.75 Å². The monoisotopic (exact) mass is 612 g/mol. The van der Waals surface area contributed by atoms with Crippen LogP contribution in [0.1, 0.15) is 44.2 Å². The molecular formula is C33H39F3N4O2S. The first-order valence-corrected chi connectivity index (χ1v) is 16.3. The highest BCUT2D eigenvalue weighted by Gasteiger charge is 2.42. The van der Waals surface area contributed by atoms with Crippen LogP contribution in [0.2, 0.25) is 0 Å². The van der Waals surface area contributed by atoms with Crippen LogP contribution in [0.15, 0.2) is 47.4 Å². The first kappa shape index (κ1) is 30.0. The Balaban J connectivity index is 1.13. The minimum absolute atomic E-state index is 0.109. The Kier molecular flexibility index (Phi) is 8.77. The summed E-state index contributed by atoms with van der Waals surface area (Å²) in [7, 11) is 0. The van der Waals surface area contributed by atoms with Crippen molar-refractivity contribution >= 4 is 34.0 Å². The fourth-order valence-electron chi connectivity index (χ4n) is 6.77. The summed E-state index contributed by atoms with van der Waals surface area (Å²) < 4.78 is 47.6. The lowest BCUT2D eigenvalue weighted by molar-refractivity contribution is -0.143. The van der Waals surface area contributed by atoms with E-state index < -0.39 is 12.7 Å². The molecule has 3 aliphatic rings. The van der Waals surface area contributed by atoms with Crippen molar-refractivity contribution in [2.75, 3.05) is 49.7 Å². The summed E-state index contributed by atoms with van der Waals surface area (Å²) in [6, 6.07) is 13.5. The van der Waals surface area contributed by atoms with Crippen LogP contribution in [0.3, 0.4) is 0 Å². The number of fused-ring (bicyclic) bond motifs is 1. The zero-order valence-electron chi connectivity index (χ0n) is 24.5. The second-order valence-corrected chi connectivity index (χ2v) is 13.1. The molecule has 0 amide bonds. The molecule has 3 aromatic rings. The maximum absolute atomic E-state index is 13.6. The number of benzene rings is 2. The molecule has 3 N–H and O–H groups in total. The summed E-state index contributed by atoms with van der Waals surface area (Å²) in [5, 5.41) is 17.7. The summed E-state index contributed by atoms with van der Waals surface area (Å²) in [4.78, 5) is 3.60.